The van der Waals surface area contributed by atoms with Crippen LogP contribution in [0.25, 0.3) is 0 Å². The van der Waals surface area contributed by atoms with E-state index in [4.69, 9.17) is 4.74 Å². The zero-order chi connectivity index (χ0) is 16.4. The molecule has 2 aromatic heterocycles. The van der Waals surface area contributed by atoms with Gasteiger partial charge in [0.05, 0.1) is 18.8 Å². The summed E-state index contributed by atoms with van der Waals surface area (Å²) in [6.07, 6.45) is -0.0693. The lowest BCUT2D eigenvalue weighted by molar-refractivity contribution is 0.0364. The van der Waals surface area contributed by atoms with E-state index in [1.165, 1.54) is 0 Å². The van der Waals surface area contributed by atoms with Crippen LogP contribution in [0.1, 0.15) is 28.9 Å². The van der Waals surface area contributed by atoms with Gasteiger partial charge in [-0.25, -0.2) is 9.97 Å². The van der Waals surface area contributed by atoms with Crippen LogP contribution in [0, 0.1) is 20.8 Å². The van der Waals surface area contributed by atoms with Gasteiger partial charge < -0.3 is 15.0 Å². The summed E-state index contributed by atoms with van der Waals surface area (Å²) in [5, 5.41) is 3.17. The van der Waals surface area contributed by atoms with Crippen LogP contribution in [0.4, 0.5) is 11.6 Å². The minimum Gasteiger partial charge on any atom is -0.388 e. The third kappa shape index (κ3) is 3.59. The quantitative estimate of drug-likeness (QED) is 0.939. The lowest BCUT2D eigenvalue weighted by Crippen LogP contribution is -2.39. The predicted molar refractivity (Wildman–Crippen MR) is 90.9 cm³/mol. The molecule has 2 aromatic rings. The molecular weight excluding hydrogens is 290 g/mol. The molecule has 1 fully saturated rings. The van der Waals surface area contributed by atoms with Gasteiger partial charge in [-0.15, -0.1) is 0 Å². The number of rotatable bonds is 3. The van der Waals surface area contributed by atoms with Gasteiger partial charge in [-0.2, -0.15) is 0 Å². The van der Waals surface area contributed by atoms with Crippen LogP contribution in [-0.4, -0.2) is 41.7 Å². The van der Waals surface area contributed by atoms with Crippen LogP contribution in [-0.2, 0) is 4.74 Å². The van der Waals surface area contributed by atoms with Crippen LogP contribution < -0.4 is 10.2 Å². The SMILES string of the molecule is CNc1cc(C)nc(C2CN(c3nc(C)cc(C)n3)CCO2)c1. The third-order valence-electron chi connectivity index (χ3n) is 3.91. The van der Waals surface area contributed by atoms with Crippen LogP contribution in [0.5, 0.6) is 0 Å². The minimum absolute atomic E-state index is 0.0693. The molecule has 1 unspecified atom stereocenters. The van der Waals surface area contributed by atoms with Crippen LogP contribution in [0.3, 0.4) is 0 Å². The lowest BCUT2D eigenvalue weighted by Gasteiger charge is -2.33. The number of aromatic nitrogens is 3. The monoisotopic (exact) mass is 313 g/mol. The molecule has 0 spiro atoms. The number of nitrogens with one attached hydrogen (secondary N) is 1. The van der Waals surface area contributed by atoms with Gasteiger partial charge in [0.25, 0.3) is 0 Å². The summed E-state index contributed by atoms with van der Waals surface area (Å²) in [4.78, 5) is 15.9. The van der Waals surface area contributed by atoms with E-state index in [-0.39, 0.29) is 6.10 Å². The average molecular weight is 313 g/mol. The van der Waals surface area contributed by atoms with Crippen molar-refractivity contribution in [3.8, 4) is 0 Å². The Morgan fingerprint density at radius 3 is 2.43 bits per heavy atom. The van der Waals surface area contributed by atoms with Crippen molar-refractivity contribution in [2.24, 2.45) is 0 Å². The predicted octanol–water partition coefficient (Wildman–Crippen LogP) is 2.42. The molecule has 1 atom stereocenters. The molecule has 0 amide bonds. The number of anilines is 2. The van der Waals surface area contributed by atoms with Crippen molar-refractivity contribution in [1.82, 2.24) is 15.0 Å². The molecule has 1 aliphatic heterocycles. The first-order valence-corrected chi connectivity index (χ1v) is 7.90. The maximum atomic E-state index is 5.94. The lowest BCUT2D eigenvalue weighted by atomic mass is 10.1. The van der Waals surface area contributed by atoms with Gasteiger partial charge in [-0.05, 0) is 39.0 Å². The molecule has 3 rings (SSSR count). The molecular formula is C17H23N5O. The van der Waals surface area contributed by atoms with E-state index in [0.717, 1.165) is 41.0 Å². The summed E-state index contributed by atoms with van der Waals surface area (Å²) < 4.78 is 5.94. The van der Waals surface area contributed by atoms with E-state index in [9.17, 15) is 0 Å². The first-order chi connectivity index (χ1) is 11.0. The van der Waals surface area contributed by atoms with Crippen molar-refractivity contribution in [2.75, 3.05) is 37.0 Å². The fourth-order valence-corrected chi connectivity index (χ4v) is 2.86. The highest BCUT2D eigenvalue weighted by Gasteiger charge is 2.25. The molecule has 1 aliphatic rings. The van der Waals surface area contributed by atoms with Crippen molar-refractivity contribution >= 4 is 11.6 Å². The number of ether oxygens (including phenoxy) is 1. The highest BCUT2D eigenvalue weighted by Crippen LogP contribution is 2.25. The molecule has 0 radical (unpaired) electrons. The first kappa shape index (κ1) is 15.7. The van der Waals surface area contributed by atoms with Crippen molar-refractivity contribution in [2.45, 2.75) is 26.9 Å². The molecule has 1 N–H and O–H groups in total. The zero-order valence-electron chi connectivity index (χ0n) is 14.1. The number of morpholine rings is 1. The maximum absolute atomic E-state index is 5.94. The van der Waals surface area contributed by atoms with Gasteiger partial charge in [-0.1, -0.05) is 0 Å². The summed E-state index contributed by atoms with van der Waals surface area (Å²) in [6.45, 7) is 8.14. The van der Waals surface area contributed by atoms with Crippen LogP contribution in [0.2, 0.25) is 0 Å². The topological polar surface area (TPSA) is 63.2 Å². The molecule has 23 heavy (non-hydrogen) atoms. The Morgan fingerprint density at radius 2 is 1.74 bits per heavy atom. The second-order valence-corrected chi connectivity index (χ2v) is 5.93. The maximum Gasteiger partial charge on any atom is 0.225 e. The smallest absolute Gasteiger partial charge is 0.225 e. The fraction of sp³-hybridized carbons (Fsp3) is 0.471. The van der Waals surface area contributed by atoms with Crippen molar-refractivity contribution in [1.29, 1.82) is 0 Å². The number of aryl methyl sites for hydroxylation is 3. The molecule has 0 saturated carbocycles. The van der Waals surface area contributed by atoms with E-state index < -0.39 is 0 Å². The Morgan fingerprint density at radius 1 is 1.04 bits per heavy atom. The molecule has 6 nitrogen and oxygen atoms in total. The van der Waals surface area contributed by atoms with E-state index in [1.54, 1.807) is 0 Å². The molecule has 0 bridgehead atoms. The normalized spacial score (nSPS) is 18.1. The summed E-state index contributed by atoms with van der Waals surface area (Å²) in [5.41, 5.74) is 4.96. The minimum atomic E-state index is -0.0693. The highest BCUT2D eigenvalue weighted by atomic mass is 16.5. The Labute approximate surface area is 136 Å². The molecule has 0 aromatic carbocycles. The van der Waals surface area contributed by atoms with Crippen LogP contribution in [0.15, 0.2) is 18.2 Å². The summed E-state index contributed by atoms with van der Waals surface area (Å²) in [7, 11) is 1.91. The van der Waals surface area contributed by atoms with Gasteiger partial charge in [-0.3, -0.25) is 4.98 Å². The van der Waals surface area contributed by atoms with Gasteiger partial charge in [0.15, 0.2) is 0 Å². The molecule has 122 valence electrons. The van der Waals surface area contributed by atoms with Gasteiger partial charge in [0, 0.05) is 36.4 Å². The van der Waals surface area contributed by atoms with Gasteiger partial charge in [0.2, 0.25) is 5.95 Å². The van der Waals surface area contributed by atoms with E-state index in [0.29, 0.717) is 13.2 Å². The molecule has 0 aliphatic carbocycles. The summed E-state index contributed by atoms with van der Waals surface area (Å²) in [6, 6.07) is 6.06. The molecule has 6 heteroatoms. The molecule has 3 heterocycles. The van der Waals surface area contributed by atoms with Crippen molar-refractivity contribution < 1.29 is 4.74 Å². The standard InChI is InChI=1S/C17H23N5O/c1-11-7-12(2)21-17(20-11)22-5-6-23-16(10-22)15-9-14(18-4)8-13(3)19-15/h7-9,16H,5-6,10H2,1-4H3,(H,18,19). The Bertz CT molecular complexity index is 683. The number of pyridine rings is 1. The van der Waals surface area contributed by atoms with Gasteiger partial charge >= 0.3 is 0 Å². The summed E-state index contributed by atoms with van der Waals surface area (Å²) in [5.74, 6) is 0.775. The number of hydrogen-bond acceptors (Lipinski definition) is 6. The largest absolute Gasteiger partial charge is 0.388 e. The Balaban J connectivity index is 1.84. The second-order valence-electron chi connectivity index (χ2n) is 5.93. The van der Waals surface area contributed by atoms with E-state index in [2.05, 4.69) is 25.2 Å². The zero-order valence-corrected chi connectivity index (χ0v) is 14.1. The van der Waals surface area contributed by atoms with E-state index in [1.807, 2.05) is 46.0 Å². The van der Waals surface area contributed by atoms with E-state index >= 15 is 0 Å². The van der Waals surface area contributed by atoms with Crippen LogP contribution >= 0.6 is 0 Å². The fourth-order valence-electron chi connectivity index (χ4n) is 2.86. The second kappa shape index (κ2) is 6.50. The third-order valence-corrected chi connectivity index (χ3v) is 3.91. The van der Waals surface area contributed by atoms with Gasteiger partial charge in [0.1, 0.15) is 6.10 Å². The molecule has 1 saturated heterocycles. The first-order valence-electron chi connectivity index (χ1n) is 7.90. The van der Waals surface area contributed by atoms with Crippen molar-refractivity contribution in [3.05, 3.63) is 41.0 Å². The number of hydrogen-bond donors (Lipinski definition) is 1. The Hall–Kier alpha value is -2.21. The summed E-state index contributed by atoms with van der Waals surface area (Å²) >= 11 is 0. The van der Waals surface area contributed by atoms with Crippen molar-refractivity contribution in [3.63, 3.8) is 0 Å². The average Bonchev–Trinajstić information content (AvgIpc) is 2.53. The highest BCUT2D eigenvalue weighted by molar-refractivity contribution is 5.45. The Kier molecular flexibility index (Phi) is 4.43. The number of nitrogens with zero attached hydrogens (tertiary/aromatic N) is 4.